The van der Waals surface area contributed by atoms with E-state index >= 15 is 0 Å². The second-order valence-electron chi connectivity index (χ2n) is 9.55. The third-order valence-electron chi connectivity index (χ3n) is 6.83. The minimum Gasteiger partial charge on any atom is -0.462 e. The normalized spacial score (nSPS) is 12.7. The highest BCUT2D eigenvalue weighted by Gasteiger charge is 2.27. The molecule has 1 aliphatic heterocycles. The molecule has 1 aromatic heterocycles. The smallest absolute Gasteiger partial charge is 0.342 e. The fourth-order valence-corrected chi connectivity index (χ4v) is 6.22. The van der Waals surface area contributed by atoms with Crippen LogP contribution in [0, 0.1) is 6.92 Å². The lowest BCUT2D eigenvalue weighted by atomic mass is 10.1. The van der Waals surface area contributed by atoms with Crippen LogP contribution in [0.3, 0.4) is 0 Å². The summed E-state index contributed by atoms with van der Waals surface area (Å²) in [6, 6.07) is 12.9. The van der Waals surface area contributed by atoms with E-state index in [1.807, 2.05) is 0 Å². The molecule has 4 aromatic rings. The maximum Gasteiger partial charge on any atom is 0.342 e. The first-order chi connectivity index (χ1) is 18.3. The van der Waals surface area contributed by atoms with Gasteiger partial charge in [-0.25, -0.2) is 13.2 Å². The molecule has 0 atom stereocenters. The first-order valence-corrected chi connectivity index (χ1v) is 14.4. The van der Waals surface area contributed by atoms with Gasteiger partial charge in [0.2, 0.25) is 0 Å². The molecule has 0 unspecified atom stereocenters. The van der Waals surface area contributed by atoms with E-state index in [1.54, 1.807) is 49.4 Å². The zero-order valence-electron chi connectivity index (χ0n) is 21.4. The van der Waals surface area contributed by atoms with Crippen LogP contribution in [-0.4, -0.2) is 26.9 Å². The van der Waals surface area contributed by atoms with Crippen LogP contribution in [0.25, 0.3) is 21.7 Å². The number of rotatable bonds is 11. The highest BCUT2D eigenvalue weighted by atomic mass is 32.2. The molecule has 0 radical (unpaired) electrons. The van der Waals surface area contributed by atoms with E-state index in [0.29, 0.717) is 50.9 Å². The number of nitrogens with one attached hydrogen (secondary N) is 2. The fourth-order valence-electron chi connectivity index (χ4n) is 4.96. The summed E-state index contributed by atoms with van der Waals surface area (Å²) in [6.07, 6.45) is 6.50. The van der Waals surface area contributed by atoms with Gasteiger partial charge in [0.05, 0.1) is 11.5 Å². The number of hydrogen-bond donors (Lipinski definition) is 2. The third kappa shape index (κ3) is 4.86. The Hall–Kier alpha value is -3.85. The molecule has 0 saturated heterocycles. The first kappa shape index (κ1) is 25.8. The predicted octanol–water partition coefficient (Wildman–Crippen LogP) is 6.78. The van der Waals surface area contributed by atoms with Crippen molar-refractivity contribution >= 4 is 55.0 Å². The van der Waals surface area contributed by atoms with Crippen molar-refractivity contribution in [2.45, 2.75) is 57.3 Å². The van der Waals surface area contributed by atoms with Crippen molar-refractivity contribution in [2.75, 3.05) is 16.6 Å². The lowest BCUT2D eigenvalue weighted by Crippen LogP contribution is -2.13. The number of ether oxygens (including phenoxy) is 1. The highest BCUT2D eigenvalue weighted by Crippen LogP contribution is 2.37. The van der Waals surface area contributed by atoms with Crippen LogP contribution in [0.4, 0.5) is 11.4 Å². The first-order valence-electron chi connectivity index (χ1n) is 12.9. The maximum atomic E-state index is 13.4. The molecule has 5 rings (SSSR count). The Labute approximate surface area is 221 Å². The van der Waals surface area contributed by atoms with E-state index < -0.39 is 16.0 Å². The second-order valence-corrected chi connectivity index (χ2v) is 11.2. The minimum absolute atomic E-state index is 0.0524. The Bertz CT molecular complexity index is 1650. The van der Waals surface area contributed by atoms with Crippen molar-refractivity contribution < 1.29 is 27.2 Å². The molecule has 2 heterocycles. The number of fused-ring (bicyclic) bond motifs is 1. The zero-order valence-corrected chi connectivity index (χ0v) is 22.2. The Kier molecular flexibility index (Phi) is 7.12. The average Bonchev–Trinajstić information content (AvgIpc) is 3.39. The number of benzene rings is 3. The van der Waals surface area contributed by atoms with E-state index in [4.69, 9.17) is 9.15 Å². The van der Waals surface area contributed by atoms with Gasteiger partial charge in [-0.1, -0.05) is 51.2 Å². The number of sulfonamides is 1. The quantitative estimate of drug-likeness (QED) is 0.162. The van der Waals surface area contributed by atoms with Gasteiger partial charge in [-0.05, 0) is 49.7 Å². The summed E-state index contributed by atoms with van der Waals surface area (Å²) in [4.78, 5) is 25.2. The lowest BCUT2D eigenvalue weighted by molar-refractivity contribution is 0.0497. The Morgan fingerprint density at radius 2 is 1.79 bits per heavy atom. The third-order valence-corrected chi connectivity index (χ3v) is 8.27. The standard InChI is InChI=1S/C29H30N2O6S/c1-3-4-5-6-7-8-16-36-29(33)26-18(2)37-24-14-12-19(17-22(24)26)31-38(34,35)25-15-13-23-27-20(25)10-9-11-21(27)28(32)30-23/h9-15,17,31H,3-8,16H2,1-2H3,(H,30,32). The molecule has 2 N–H and O–H groups in total. The number of aryl methyl sites for hydroxylation is 1. The number of amides is 1. The van der Waals surface area contributed by atoms with E-state index in [-0.39, 0.29) is 16.5 Å². The van der Waals surface area contributed by atoms with Gasteiger partial charge in [0.1, 0.15) is 16.9 Å². The summed E-state index contributed by atoms with van der Waals surface area (Å²) < 4.78 is 40.7. The van der Waals surface area contributed by atoms with Crippen LogP contribution in [0.15, 0.2) is 57.8 Å². The zero-order chi connectivity index (χ0) is 26.9. The van der Waals surface area contributed by atoms with Gasteiger partial charge in [0, 0.05) is 33.1 Å². The molecule has 8 nitrogen and oxygen atoms in total. The van der Waals surface area contributed by atoms with Crippen LogP contribution in [0.5, 0.6) is 0 Å². The van der Waals surface area contributed by atoms with Gasteiger partial charge < -0.3 is 14.5 Å². The molecule has 198 valence electrons. The van der Waals surface area contributed by atoms with E-state index in [9.17, 15) is 18.0 Å². The van der Waals surface area contributed by atoms with Crippen molar-refractivity contribution in [1.29, 1.82) is 0 Å². The summed E-state index contributed by atoms with van der Waals surface area (Å²) in [6.45, 7) is 4.18. The second kappa shape index (κ2) is 10.5. The number of unbranched alkanes of at least 4 members (excludes halogenated alkanes) is 5. The van der Waals surface area contributed by atoms with Gasteiger partial charge in [-0.15, -0.1) is 0 Å². The summed E-state index contributed by atoms with van der Waals surface area (Å²) in [5, 5.41) is 4.27. The maximum absolute atomic E-state index is 13.4. The number of carbonyl (C=O) groups is 2. The van der Waals surface area contributed by atoms with E-state index in [0.717, 1.165) is 19.3 Å². The summed E-state index contributed by atoms with van der Waals surface area (Å²) in [5.41, 5.74) is 2.06. The fraction of sp³-hybridized carbons (Fsp3) is 0.310. The molecule has 0 aliphatic carbocycles. The number of anilines is 2. The molecule has 1 aliphatic rings. The van der Waals surface area contributed by atoms with Crippen LogP contribution >= 0.6 is 0 Å². The van der Waals surface area contributed by atoms with Crippen molar-refractivity contribution in [3.05, 3.63) is 65.4 Å². The van der Waals surface area contributed by atoms with Gasteiger partial charge >= 0.3 is 5.97 Å². The molecule has 0 fully saturated rings. The van der Waals surface area contributed by atoms with Crippen molar-refractivity contribution in [2.24, 2.45) is 0 Å². The van der Waals surface area contributed by atoms with Crippen molar-refractivity contribution in [1.82, 2.24) is 0 Å². The number of esters is 1. The molecular weight excluding hydrogens is 504 g/mol. The molecule has 0 bridgehead atoms. The van der Waals surface area contributed by atoms with Gasteiger partial charge in [-0.3, -0.25) is 9.52 Å². The van der Waals surface area contributed by atoms with Crippen LogP contribution < -0.4 is 10.0 Å². The lowest BCUT2D eigenvalue weighted by Gasteiger charge is -2.11. The monoisotopic (exact) mass is 534 g/mol. The molecule has 0 saturated carbocycles. The van der Waals surface area contributed by atoms with Crippen LogP contribution in [-0.2, 0) is 14.8 Å². The van der Waals surface area contributed by atoms with Gasteiger partial charge in [-0.2, -0.15) is 0 Å². The van der Waals surface area contributed by atoms with Crippen molar-refractivity contribution in [3.63, 3.8) is 0 Å². The Morgan fingerprint density at radius 1 is 1.00 bits per heavy atom. The highest BCUT2D eigenvalue weighted by molar-refractivity contribution is 7.93. The van der Waals surface area contributed by atoms with Gasteiger partial charge in [0.25, 0.3) is 15.9 Å². The molecule has 38 heavy (non-hydrogen) atoms. The van der Waals surface area contributed by atoms with E-state index in [2.05, 4.69) is 17.0 Å². The molecular formula is C29H30N2O6S. The summed E-state index contributed by atoms with van der Waals surface area (Å²) >= 11 is 0. The minimum atomic E-state index is -4.02. The summed E-state index contributed by atoms with van der Waals surface area (Å²) in [5.74, 6) is -0.332. The molecule has 0 spiro atoms. The number of furan rings is 1. The summed E-state index contributed by atoms with van der Waals surface area (Å²) in [7, 11) is -4.02. The topological polar surface area (TPSA) is 115 Å². The Morgan fingerprint density at radius 3 is 2.61 bits per heavy atom. The molecule has 9 heteroatoms. The molecule has 1 amide bonds. The van der Waals surface area contributed by atoms with Crippen LogP contribution in [0.1, 0.15) is 71.9 Å². The number of carbonyl (C=O) groups excluding carboxylic acids is 2. The SMILES string of the molecule is CCCCCCCCOC(=O)c1c(C)oc2ccc(NS(=O)(=O)c3ccc4c5c(cccc35)C(=O)N4)cc12. The Balaban J connectivity index is 1.37. The number of hydrogen-bond acceptors (Lipinski definition) is 6. The van der Waals surface area contributed by atoms with Gasteiger partial charge in [0.15, 0.2) is 0 Å². The molecule has 3 aromatic carbocycles. The largest absolute Gasteiger partial charge is 0.462 e. The van der Waals surface area contributed by atoms with Crippen molar-refractivity contribution in [3.8, 4) is 0 Å². The predicted molar refractivity (Wildman–Crippen MR) is 147 cm³/mol. The average molecular weight is 535 g/mol. The van der Waals surface area contributed by atoms with E-state index in [1.165, 1.54) is 25.3 Å². The van der Waals surface area contributed by atoms with Crippen LogP contribution in [0.2, 0.25) is 0 Å².